The van der Waals surface area contributed by atoms with E-state index in [1.54, 1.807) is 0 Å². The Morgan fingerprint density at radius 2 is 2.10 bits per heavy atom. The van der Waals surface area contributed by atoms with Crippen molar-refractivity contribution in [2.24, 2.45) is 0 Å². The van der Waals surface area contributed by atoms with Crippen molar-refractivity contribution in [2.75, 3.05) is 0 Å². The predicted molar refractivity (Wildman–Crippen MR) is 45.8 cm³/mol. The molecule has 3 heteroatoms. The molecule has 1 aliphatic carbocycles. The van der Waals surface area contributed by atoms with Crippen LogP contribution in [0.15, 0.2) is 12.8 Å². The third-order valence-corrected chi connectivity index (χ3v) is 2.50. The average molecular weight is 161 g/mol. The van der Waals surface area contributed by atoms with E-state index in [1.807, 2.05) is 13.8 Å². The molecule has 60 valence electrons. The van der Waals surface area contributed by atoms with Gasteiger partial charge in [-0.05, 0) is 12.8 Å². The highest BCUT2D eigenvalue weighted by Gasteiger charge is 2.27. The van der Waals surface area contributed by atoms with Crippen molar-refractivity contribution in [3.8, 4) is 0 Å². The van der Waals surface area contributed by atoms with Crippen LogP contribution >= 0.6 is 0 Å². The van der Waals surface area contributed by atoms with Crippen LogP contribution in [-0.4, -0.2) is 9.46 Å². The zero-order valence-electron chi connectivity index (χ0n) is 6.59. The summed E-state index contributed by atoms with van der Waals surface area (Å²) in [6.45, 7) is 7.41. The summed E-state index contributed by atoms with van der Waals surface area (Å²) < 4.78 is 13.4. The molecule has 1 unspecified atom stereocenters. The van der Waals surface area contributed by atoms with Crippen LogP contribution in [0.5, 0.6) is 0 Å². The summed E-state index contributed by atoms with van der Waals surface area (Å²) in [7, 11) is -0.829. The van der Waals surface area contributed by atoms with E-state index in [1.165, 1.54) is 6.20 Å². The second-order valence-corrected chi connectivity index (χ2v) is 3.32. The van der Waals surface area contributed by atoms with Crippen LogP contribution in [0.25, 0.3) is 0 Å². The molecule has 0 aromatic carbocycles. The molecule has 1 N–H and O–H groups in total. The summed E-state index contributed by atoms with van der Waals surface area (Å²) >= 11 is 0. The van der Waals surface area contributed by atoms with Crippen molar-refractivity contribution in [1.29, 1.82) is 0 Å². The Kier molecular flexibility index (Phi) is 5.30. The maximum absolute atomic E-state index is 10.7. The molecule has 0 aliphatic heterocycles. The van der Waals surface area contributed by atoms with Crippen molar-refractivity contribution >= 4 is 11.0 Å². The molecular formula is C7H15NOS. The normalized spacial score (nSPS) is 18.2. The minimum atomic E-state index is -0.829. The summed E-state index contributed by atoms with van der Waals surface area (Å²) in [5, 5.41) is 0.410. The van der Waals surface area contributed by atoms with E-state index >= 15 is 0 Å². The average Bonchev–Trinajstić information content (AvgIpc) is 2.74. The predicted octanol–water partition coefficient (Wildman–Crippen LogP) is 1.57. The Balaban J connectivity index is 0.000000371. The van der Waals surface area contributed by atoms with Crippen molar-refractivity contribution in [2.45, 2.75) is 31.9 Å². The minimum Gasteiger partial charge on any atom is -0.312 e. The topological polar surface area (TPSA) is 29.1 Å². The van der Waals surface area contributed by atoms with Crippen molar-refractivity contribution < 1.29 is 4.21 Å². The maximum atomic E-state index is 10.7. The van der Waals surface area contributed by atoms with E-state index in [-0.39, 0.29) is 0 Å². The minimum absolute atomic E-state index is 0.410. The van der Waals surface area contributed by atoms with Crippen molar-refractivity contribution in [3.05, 3.63) is 12.8 Å². The van der Waals surface area contributed by atoms with Crippen LogP contribution in [0.1, 0.15) is 26.7 Å². The molecule has 1 aliphatic rings. The highest BCUT2D eigenvalue weighted by molar-refractivity contribution is 7.84. The summed E-state index contributed by atoms with van der Waals surface area (Å²) in [4.78, 5) is 0. The lowest BCUT2D eigenvalue weighted by Crippen LogP contribution is -2.12. The molecule has 0 aromatic heterocycles. The molecule has 0 bridgehead atoms. The summed E-state index contributed by atoms with van der Waals surface area (Å²) in [5.41, 5.74) is 0. The third kappa shape index (κ3) is 3.67. The zero-order chi connectivity index (χ0) is 7.98. The first-order valence-electron chi connectivity index (χ1n) is 3.62. The van der Waals surface area contributed by atoms with E-state index < -0.39 is 11.0 Å². The van der Waals surface area contributed by atoms with Crippen LogP contribution in [0.2, 0.25) is 0 Å². The van der Waals surface area contributed by atoms with Gasteiger partial charge in [-0.1, -0.05) is 20.4 Å². The molecular weight excluding hydrogens is 146 g/mol. The van der Waals surface area contributed by atoms with E-state index in [0.29, 0.717) is 5.25 Å². The second-order valence-electron chi connectivity index (χ2n) is 1.82. The molecule has 0 radical (unpaired) electrons. The van der Waals surface area contributed by atoms with Crippen LogP contribution < -0.4 is 4.72 Å². The molecule has 2 nitrogen and oxygen atoms in total. The zero-order valence-corrected chi connectivity index (χ0v) is 7.41. The van der Waals surface area contributed by atoms with Crippen LogP contribution in [-0.2, 0) is 11.0 Å². The molecule has 10 heavy (non-hydrogen) atoms. The standard InChI is InChI=1S/C5H9NOS.C2H6/c1-2-6-8(7)5-3-4-5;1-2/h2,5-6H,1,3-4H2;1-2H3. The van der Waals surface area contributed by atoms with Crippen molar-refractivity contribution in [1.82, 2.24) is 4.72 Å². The SMILES string of the molecule is C=CNS(=O)C1CC1.CC. The van der Waals surface area contributed by atoms with Crippen molar-refractivity contribution in [3.63, 3.8) is 0 Å². The fraction of sp³-hybridized carbons (Fsp3) is 0.714. The molecule has 0 aromatic rings. The Bertz CT molecular complexity index is 121. The summed E-state index contributed by atoms with van der Waals surface area (Å²) in [6, 6.07) is 0. The first-order valence-corrected chi connectivity index (χ1v) is 4.83. The summed E-state index contributed by atoms with van der Waals surface area (Å²) in [5.74, 6) is 0. The number of nitrogens with one attached hydrogen (secondary N) is 1. The van der Waals surface area contributed by atoms with Gasteiger partial charge in [0.2, 0.25) is 0 Å². The van der Waals surface area contributed by atoms with Gasteiger partial charge in [-0.25, -0.2) is 4.21 Å². The maximum Gasteiger partial charge on any atom is 0.119 e. The molecule has 1 saturated carbocycles. The van der Waals surface area contributed by atoms with Crippen LogP contribution in [0.3, 0.4) is 0 Å². The first kappa shape index (κ1) is 9.69. The van der Waals surface area contributed by atoms with Gasteiger partial charge in [0.1, 0.15) is 11.0 Å². The molecule has 1 fully saturated rings. The fourth-order valence-electron chi connectivity index (χ4n) is 0.460. The molecule has 0 saturated heterocycles. The first-order chi connectivity index (χ1) is 4.84. The number of hydrogen-bond acceptors (Lipinski definition) is 1. The Morgan fingerprint density at radius 1 is 1.60 bits per heavy atom. The number of hydrogen-bond donors (Lipinski definition) is 1. The lowest BCUT2D eigenvalue weighted by atomic mass is 11.0. The quantitative estimate of drug-likeness (QED) is 0.669. The third-order valence-electron chi connectivity index (χ3n) is 1.03. The fourth-order valence-corrected chi connectivity index (χ4v) is 1.38. The second kappa shape index (κ2) is 5.47. The Morgan fingerprint density at radius 3 is 2.40 bits per heavy atom. The molecule has 1 rings (SSSR count). The smallest absolute Gasteiger partial charge is 0.119 e. The molecule has 1 atom stereocenters. The van der Waals surface area contributed by atoms with Gasteiger partial charge >= 0.3 is 0 Å². The van der Waals surface area contributed by atoms with Gasteiger partial charge in [0.15, 0.2) is 0 Å². The molecule has 0 spiro atoms. The van der Waals surface area contributed by atoms with Crippen LogP contribution in [0, 0.1) is 0 Å². The van der Waals surface area contributed by atoms with Gasteiger partial charge in [-0.3, -0.25) is 0 Å². The van der Waals surface area contributed by atoms with Gasteiger partial charge in [-0.15, -0.1) is 0 Å². The summed E-state index contributed by atoms with van der Waals surface area (Å²) in [6.07, 6.45) is 3.69. The monoisotopic (exact) mass is 161 g/mol. The van der Waals surface area contributed by atoms with Gasteiger partial charge in [-0.2, -0.15) is 0 Å². The van der Waals surface area contributed by atoms with E-state index in [9.17, 15) is 4.21 Å². The van der Waals surface area contributed by atoms with E-state index in [0.717, 1.165) is 12.8 Å². The molecule has 0 amide bonds. The van der Waals surface area contributed by atoms with Gasteiger partial charge < -0.3 is 4.72 Å². The highest BCUT2D eigenvalue weighted by atomic mass is 32.2. The van der Waals surface area contributed by atoms with E-state index in [2.05, 4.69) is 11.3 Å². The highest BCUT2D eigenvalue weighted by Crippen LogP contribution is 2.24. The Labute approximate surface area is 65.3 Å². The van der Waals surface area contributed by atoms with Gasteiger partial charge in [0.05, 0.1) is 5.25 Å². The van der Waals surface area contributed by atoms with Gasteiger partial charge in [0.25, 0.3) is 0 Å². The van der Waals surface area contributed by atoms with Crippen LogP contribution in [0.4, 0.5) is 0 Å². The Hall–Kier alpha value is -0.310. The lowest BCUT2D eigenvalue weighted by Gasteiger charge is -1.93. The van der Waals surface area contributed by atoms with E-state index in [4.69, 9.17) is 0 Å². The molecule has 0 heterocycles. The lowest BCUT2D eigenvalue weighted by molar-refractivity contribution is 0.679. The van der Waals surface area contributed by atoms with Gasteiger partial charge in [0, 0.05) is 6.20 Å². The number of rotatable bonds is 3. The largest absolute Gasteiger partial charge is 0.312 e.